The molecule has 1 N–H and O–H groups in total. The Bertz CT molecular complexity index is 1090. The highest BCUT2D eigenvalue weighted by Crippen LogP contribution is 2.27. The van der Waals surface area contributed by atoms with E-state index in [0.29, 0.717) is 17.9 Å². The van der Waals surface area contributed by atoms with Gasteiger partial charge in [-0.3, -0.25) is 4.79 Å². The zero-order chi connectivity index (χ0) is 22.4. The van der Waals surface area contributed by atoms with Gasteiger partial charge in [0, 0.05) is 20.6 Å². The molecule has 31 heavy (non-hydrogen) atoms. The summed E-state index contributed by atoms with van der Waals surface area (Å²) >= 11 is 9.58. The van der Waals surface area contributed by atoms with Crippen molar-refractivity contribution in [2.75, 3.05) is 7.11 Å². The molecular weight excluding hydrogens is 480 g/mol. The number of halogens is 2. The second kappa shape index (κ2) is 10.5. The van der Waals surface area contributed by atoms with Gasteiger partial charge in [-0.05, 0) is 85.1 Å². The average Bonchev–Trinajstić information content (AvgIpc) is 2.76. The molecular formula is C24H22BrClN2O3. The van der Waals surface area contributed by atoms with Crippen molar-refractivity contribution in [2.45, 2.75) is 20.5 Å². The predicted molar refractivity (Wildman–Crippen MR) is 127 cm³/mol. The summed E-state index contributed by atoms with van der Waals surface area (Å²) in [4.78, 5) is 12.2. The van der Waals surface area contributed by atoms with Crippen LogP contribution in [-0.4, -0.2) is 19.2 Å². The fourth-order valence-electron chi connectivity index (χ4n) is 2.97. The maximum absolute atomic E-state index is 12.2. The third-order valence-electron chi connectivity index (χ3n) is 4.59. The van der Waals surface area contributed by atoms with Gasteiger partial charge in [-0.15, -0.1) is 0 Å². The third kappa shape index (κ3) is 6.09. The smallest absolute Gasteiger partial charge is 0.271 e. The van der Waals surface area contributed by atoms with Crippen molar-refractivity contribution in [1.82, 2.24) is 5.43 Å². The lowest BCUT2D eigenvalue weighted by molar-refractivity contribution is 0.0955. The summed E-state index contributed by atoms with van der Waals surface area (Å²) in [6, 6.07) is 16.5. The van der Waals surface area contributed by atoms with Gasteiger partial charge in [-0.1, -0.05) is 27.5 Å². The summed E-state index contributed by atoms with van der Waals surface area (Å²) in [6.07, 6.45) is 1.58. The van der Waals surface area contributed by atoms with Crippen molar-refractivity contribution in [3.63, 3.8) is 0 Å². The number of hydrogen-bond acceptors (Lipinski definition) is 4. The maximum Gasteiger partial charge on any atom is 0.271 e. The molecule has 0 saturated heterocycles. The quantitative estimate of drug-likeness (QED) is 0.316. The summed E-state index contributed by atoms with van der Waals surface area (Å²) in [5, 5.41) is 4.80. The molecule has 0 saturated carbocycles. The predicted octanol–water partition coefficient (Wildman–Crippen LogP) is 6.07. The molecule has 3 rings (SSSR count). The lowest BCUT2D eigenvalue weighted by Gasteiger charge is -2.13. The average molecular weight is 502 g/mol. The molecule has 160 valence electrons. The minimum absolute atomic E-state index is 0.283. The highest BCUT2D eigenvalue weighted by atomic mass is 79.9. The van der Waals surface area contributed by atoms with E-state index < -0.39 is 0 Å². The van der Waals surface area contributed by atoms with Gasteiger partial charge in [0.1, 0.15) is 18.1 Å². The van der Waals surface area contributed by atoms with Crippen LogP contribution in [-0.2, 0) is 6.61 Å². The van der Waals surface area contributed by atoms with Crippen LogP contribution in [0.1, 0.15) is 32.6 Å². The molecule has 5 nitrogen and oxygen atoms in total. The van der Waals surface area contributed by atoms with E-state index in [2.05, 4.69) is 26.5 Å². The monoisotopic (exact) mass is 500 g/mol. The lowest BCUT2D eigenvalue weighted by Crippen LogP contribution is -2.17. The van der Waals surface area contributed by atoms with Crippen LogP contribution >= 0.6 is 27.5 Å². The van der Waals surface area contributed by atoms with E-state index in [1.807, 2.05) is 44.2 Å². The molecule has 0 heterocycles. The van der Waals surface area contributed by atoms with Gasteiger partial charge in [0.05, 0.1) is 13.3 Å². The van der Waals surface area contributed by atoms with Gasteiger partial charge in [-0.2, -0.15) is 5.10 Å². The second-order valence-corrected chi connectivity index (χ2v) is 8.23. The molecule has 7 heteroatoms. The Morgan fingerprint density at radius 3 is 2.42 bits per heavy atom. The van der Waals surface area contributed by atoms with Crippen LogP contribution in [0.3, 0.4) is 0 Å². The summed E-state index contributed by atoms with van der Waals surface area (Å²) in [6.45, 7) is 4.21. The zero-order valence-corrected chi connectivity index (χ0v) is 19.8. The van der Waals surface area contributed by atoms with E-state index in [1.165, 1.54) is 0 Å². The third-order valence-corrected chi connectivity index (χ3v) is 5.72. The number of carbonyl (C=O) groups excluding carboxylic acids is 1. The van der Waals surface area contributed by atoms with E-state index in [9.17, 15) is 4.79 Å². The first-order valence-electron chi connectivity index (χ1n) is 9.53. The number of hydrazone groups is 1. The largest absolute Gasteiger partial charge is 0.496 e. The van der Waals surface area contributed by atoms with Crippen molar-refractivity contribution in [2.24, 2.45) is 5.10 Å². The summed E-state index contributed by atoms with van der Waals surface area (Å²) in [5.41, 5.74) is 6.65. The van der Waals surface area contributed by atoms with E-state index in [0.717, 1.165) is 37.5 Å². The molecule has 0 bridgehead atoms. The number of methoxy groups -OCH3 is 1. The molecule has 3 aromatic rings. The number of carbonyl (C=O) groups is 1. The molecule has 0 aromatic heterocycles. The topological polar surface area (TPSA) is 59.9 Å². The summed E-state index contributed by atoms with van der Waals surface area (Å²) < 4.78 is 12.3. The number of rotatable bonds is 7. The molecule has 0 fully saturated rings. The van der Waals surface area contributed by atoms with E-state index in [1.54, 1.807) is 37.6 Å². The van der Waals surface area contributed by atoms with Gasteiger partial charge in [0.15, 0.2) is 0 Å². The van der Waals surface area contributed by atoms with Gasteiger partial charge >= 0.3 is 0 Å². The lowest BCUT2D eigenvalue weighted by atomic mass is 10.1. The van der Waals surface area contributed by atoms with Crippen LogP contribution in [0.2, 0.25) is 5.02 Å². The Kier molecular flexibility index (Phi) is 7.71. The maximum atomic E-state index is 12.2. The Morgan fingerprint density at radius 2 is 1.77 bits per heavy atom. The van der Waals surface area contributed by atoms with Gasteiger partial charge < -0.3 is 9.47 Å². The fraction of sp³-hybridized carbons (Fsp3) is 0.167. The Balaban J connectivity index is 1.69. The van der Waals surface area contributed by atoms with Gasteiger partial charge in [0.25, 0.3) is 5.91 Å². The second-order valence-electron chi connectivity index (χ2n) is 6.94. The van der Waals surface area contributed by atoms with Crippen LogP contribution in [0.4, 0.5) is 0 Å². The van der Waals surface area contributed by atoms with E-state index in [-0.39, 0.29) is 5.91 Å². The molecule has 0 spiro atoms. The number of benzene rings is 3. The normalized spacial score (nSPS) is 10.9. The first kappa shape index (κ1) is 22.8. The number of hydrogen-bond donors (Lipinski definition) is 1. The van der Waals surface area contributed by atoms with Crippen molar-refractivity contribution >= 4 is 39.7 Å². The Hall–Kier alpha value is -2.83. The van der Waals surface area contributed by atoms with Crippen molar-refractivity contribution in [1.29, 1.82) is 0 Å². The summed E-state index contributed by atoms with van der Waals surface area (Å²) in [7, 11) is 1.61. The zero-order valence-electron chi connectivity index (χ0n) is 17.4. The molecule has 0 radical (unpaired) electrons. The fourth-order valence-corrected chi connectivity index (χ4v) is 3.35. The highest BCUT2D eigenvalue weighted by molar-refractivity contribution is 9.10. The number of aryl methyl sites for hydroxylation is 2. The first-order chi connectivity index (χ1) is 14.9. The molecule has 0 aliphatic heterocycles. The van der Waals surface area contributed by atoms with Crippen LogP contribution in [0.25, 0.3) is 0 Å². The number of nitrogens with zero attached hydrogens (tertiary/aromatic N) is 1. The minimum atomic E-state index is -0.283. The minimum Gasteiger partial charge on any atom is -0.496 e. The van der Waals surface area contributed by atoms with Gasteiger partial charge in [0.2, 0.25) is 0 Å². The molecule has 0 aliphatic rings. The van der Waals surface area contributed by atoms with Crippen molar-refractivity contribution < 1.29 is 14.3 Å². The first-order valence-corrected chi connectivity index (χ1v) is 10.7. The van der Waals surface area contributed by atoms with E-state index >= 15 is 0 Å². The molecule has 1 amide bonds. The van der Waals surface area contributed by atoms with Crippen LogP contribution < -0.4 is 14.9 Å². The Morgan fingerprint density at radius 1 is 1.10 bits per heavy atom. The number of amides is 1. The van der Waals surface area contributed by atoms with Crippen LogP contribution in [0, 0.1) is 13.8 Å². The Labute approximate surface area is 195 Å². The number of nitrogens with one attached hydrogen (secondary N) is 1. The van der Waals surface area contributed by atoms with Crippen LogP contribution in [0.15, 0.2) is 64.2 Å². The van der Waals surface area contributed by atoms with Crippen LogP contribution in [0.5, 0.6) is 11.5 Å². The molecule has 0 aliphatic carbocycles. The summed E-state index contributed by atoms with van der Waals surface area (Å²) in [5.74, 6) is 1.16. The van der Waals surface area contributed by atoms with Gasteiger partial charge in [-0.25, -0.2) is 5.43 Å². The SMILES string of the molecule is COc1ccc(/C=N\NC(=O)c2ccc(Br)cc2)cc1COc1cc(C)c(Cl)c(C)c1. The van der Waals surface area contributed by atoms with Crippen molar-refractivity contribution in [3.8, 4) is 11.5 Å². The van der Waals surface area contributed by atoms with E-state index in [4.69, 9.17) is 21.1 Å². The van der Waals surface area contributed by atoms with Crippen molar-refractivity contribution in [3.05, 3.63) is 91.9 Å². The molecule has 0 atom stereocenters. The highest BCUT2D eigenvalue weighted by Gasteiger charge is 2.08. The molecule has 0 unspecified atom stereocenters. The number of ether oxygens (including phenoxy) is 2. The standard InChI is InChI=1S/C24H22BrClN2O3/c1-15-10-21(11-16(2)23(15)26)31-14-19-12-17(4-9-22(19)30-3)13-27-28-24(29)18-5-7-20(25)8-6-18/h4-13H,14H2,1-3H3,(H,28,29)/b27-13-. The molecule has 3 aromatic carbocycles.